The normalized spacial score (nSPS) is 11.1. The van der Waals surface area contributed by atoms with Crippen LogP contribution in [0.3, 0.4) is 0 Å². The molecule has 0 amide bonds. The highest BCUT2D eigenvalue weighted by Gasteiger charge is 2.13. The topological polar surface area (TPSA) is 35.5 Å². The van der Waals surface area contributed by atoms with Gasteiger partial charge in [-0.05, 0) is 11.4 Å². The van der Waals surface area contributed by atoms with Crippen molar-refractivity contribution in [3.63, 3.8) is 0 Å². The molecule has 0 N–H and O–H groups in total. The minimum absolute atomic E-state index is 0.385. The van der Waals surface area contributed by atoms with Gasteiger partial charge in [-0.25, -0.2) is 4.79 Å². The van der Waals surface area contributed by atoms with Crippen molar-refractivity contribution >= 4 is 22.9 Å². The third-order valence-electron chi connectivity index (χ3n) is 1.43. The number of ether oxygens (including phenoxy) is 2. The standard InChI is InChI=1S/C9H10O3S/c1-11-6-7(9(10)12-2)8-4-3-5-13-8/h3-6H,1-2H3/b7-6+. The monoisotopic (exact) mass is 198 g/mol. The van der Waals surface area contributed by atoms with Crippen LogP contribution in [0.1, 0.15) is 4.88 Å². The van der Waals surface area contributed by atoms with Gasteiger partial charge in [-0.2, -0.15) is 0 Å². The Balaban J connectivity index is 2.94. The lowest BCUT2D eigenvalue weighted by molar-refractivity contribution is -0.133. The van der Waals surface area contributed by atoms with Gasteiger partial charge in [0, 0.05) is 4.88 Å². The van der Waals surface area contributed by atoms with E-state index in [1.54, 1.807) is 0 Å². The number of rotatable bonds is 3. The van der Waals surface area contributed by atoms with Gasteiger partial charge in [-0.15, -0.1) is 11.3 Å². The molecule has 0 saturated heterocycles. The summed E-state index contributed by atoms with van der Waals surface area (Å²) < 4.78 is 9.40. The molecule has 0 aliphatic rings. The van der Waals surface area contributed by atoms with Crippen LogP contribution in [-0.2, 0) is 14.3 Å². The molecule has 0 fully saturated rings. The minimum atomic E-state index is -0.385. The molecule has 3 nitrogen and oxygen atoms in total. The van der Waals surface area contributed by atoms with Crippen LogP contribution >= 0.6 is 11.3 Å². The molecule has 70 valence electrons. The van der Waals surface area contributed by atoms with E-state index in [0.717, 1.165) is 4.88 Å². The van der Waals surface area contributed by atoms with Crippen molar-refractivity contribution in [1.82, 2.24) is 0 Å². The van der Waals surface area contributed by atoms with E-state index in [9.17, 15) is 4.79 Å². The summed E-state index contributed by atoms with van der Waals surface area (Å²) in [6, 6.07) is 3.71. The first kappa shape index (κ1) is 9.80. The molecule has 0 saturated carbocycles. The number of hydrogen-bond acceptors (Lipinski definition) is 4. The van der Waals surface area contributed by atoms with Gasteiger partial charge < -0.3 is 9.47 Å². The highest BCUT2D eigenvalue weighted by atomic mass is 32.1. The second-order valence-electron chi connectivity index (χ2n) is 2.24. The summed E-state index contributed by atoms with van der Waals surface area (Å²) in [5, 5.41) is 1.89. The molecule has 0 aliphatic heterocycles. The molecule has 0 bridgehead atoms. The molecule has 1 aromatic heterocycles. The van der Waals surface area contributed by atoms with Crippen LogP contribution in [0.25, 0.3) is 5.57 Å². The van der Waals surface area contributed by atoms with Crippen LogP contribution in [0, 0.1) is 0 Å². The average Bonchev–Trinajstić information content (AvgIpc) is 2.65. The Bertz CT molecular complexity index is 301. The van der Waals surface area contributed by atoms with E-state index in [-0.39, 0.29) is 5.97 Å². The Kier molecular flexibility index (Phi) is 3.52. The van der Waals surface area contributed by atoms with E-state index in [1.165, 1.54) is 31.8 Å². The van der Waals surface area contributed by atoms with E-state index < -0.39 is 0 Å². The highest BCUT2D eigenvalue weighted by molar-refractivity contribution is 7.11. The van der Waals surface area contributed by atoms with E-state index in [4.69, 9.17) is 4.74 Å². The Labute approximate surface area is 80.6 Å². The maximum absolute atomic E-state index is 11.2. The van der Waals surface area contributed by atoms with Crippen molar-refractivity contribution in [1.29, 1.82) is 0 Å². The predicted octanol–water partition coefficient (Wildman–Crippen LogP) is 1.91. The highest BCUT2D eigenvalue weighted by Crippen LogP contribution is 2.21. The summed E-state index contributed by atoms with van der Waals surface area (Å²) in [6.45, 7) is 0. The Hall–Kier alpha value is -1.29. The third-order valence-corrected chi connectivity index (χ3v) is 2.33. The maximum Gasteiger partial charge on any atom is 0.342 e. The zero-order chi connectivity index (χ0) is 9.68. The van der Waals surface area contributed by atoms with E-state index in [2.05, 4.69) is 4.74 Å². The zero-order valence-electron chi connectivity index (χ0n) is 7.44. The van der Waals surface area contributed by atoms with E-state index >= 15 is 0 Å². The summed E-state index contributed by atoms with van der Waals surface area (Å²) in [7, 11) is 2.84. The third kappa shape index (κ3) is 2.32. The fourth-order valence-corrected chi connectivity index (χ4v) is 1.59. The summed E-state index contributed by atoms with van der Waals surface area (Å²) in [5.41, 5.74) is 0.444. The van der Waals surface area contributed by atoms with Crippen LogP contribution in [0.4, 0.5) is 0 Å². The first-order valence-electron chi connectivity index (χ1n) is 3.64. The van der Waals surface area contributed by atoms with Gasteiger partial charge in [0.15, 0.2) is 0 Å². The van der Waals surface area contributed by atoms with Gasteiger partial charge in [0.25, 0.3) is 0 Å². The van der Waals surface area contributed by atoms with Crippen molar-refractivity contribution in [2.24, 2.45) is 0 Å². The van der Waals surface area contributed by atoms with Crippen LogP contribution in [-0.4, -0.2) is 20.2 Å². The van der Waals surface area contributed by atoms with Crippen LogP contribution in [0.5, 0.6) is 0 Å². The van der Waals surface area contributed by atoms with Gasteiger partial charge in [0.2, 0.25) is 0 Å². The fraction of sp³-hybridized carbons (Fsp3) is 0.222. The van der Waals surface area contributed by atoms with E-state index in [1.807, 2.05) is 17.5 Å². The first-order valence-corrected chi connectivity index (χ1v) is 4.52. The SMILES string of the molecule is CO/C=C(/C(=O)OC)c1cccs1. The largest absolute Gasteiger partial charge is 0.503 e. The summed E-state index contributed by atoms with van der Waals surface area (Å²) in [5.74, 6) is -0.385. The van der Waals surface area contributed by atoms with Crippen LogP contribution < -0.4 is 0 Å². The molecule has 0 radical (unpaired) electrons. The van der Waals surface area contributed by atoms with Crippen molar-refractivity contribution in [3.8, 4) is 0 Å². The average molecular weight is 198 g/mol. The molecule has 4 heteroatoms. The number of thiophene rings is 1. The molecule has 13 heavy (non-hydrogen) atoms. The molecular weight excluding hydrogens is 188 g/mol. The zero-order valence-corrected chi connectivity index (χ0v) is 8.26. The summed E-state index contributed by atoms with van der Waals surface area (Å²) >= 11 is 1.47. The molecule has 1 aromatic rings. The lowest BCUT2D eigenvalue weighted by Crippen LogP contribution is -2.02. The molecule has 1 rings (SSSR count). The number of carbonyl (C=O) groups excluding carboxylic acids is 1. The maximum atomic E-state index is 11.2. The molecular formula is C9H10O3S. The smallest absolute Gasteiger partial charge is 0.342 e. The van der Waals surface area contributed by atoms with Crippen LogP contribution in [0.2, 0.25) is 0 Å². The molecule has 0 spiro atoms. The number of carbonyl (C=O) groups is 1. The van der Waals surface area contributed by atoms with Gasteiger partial charge in [-0.3, -0.25) is 0 Å². The van der Waals surface area contributed by atoms with Crippen molar-refractivity contribution in [3.05, 3.63) is 28.7 Å². The summed E-state index contributed by atoms with van der Waals surface area (Å²) in [6.07, 6.45) is 1.39. The predicted molar refractivity (Wildman–Crippen MR) is 51.3 cm³/mol. The van der Waals surface area contributed by atoms with Gasteiger partial charge in [0.05, 0.1) is 20.5 Å². The molecule has 1 heterocycles. The Morgan fingerprint density at radius 3 is 2.77 bits per heavy atom. The number of esters is 1. The van der Waals surface area contributed by atoms with Gasteiger partial charge in [-0.1, -0.05) is 6.07 Å². The quantitative estimate of drug-likeness (QED) is 0.423. The van der Waals surface area contributed by atoms with Crippen molar-refractivity contribution < 1.29 is 14.3 Å². The first-order chi connectivity index (χ1) is 6.29. The lowest BCUT2D eigenvalue weighted by Gasteiger charge is -2.01. The van der Waals surface area contributed by atoms with Crippen molar-refractivity contribution in [2.45, 2.75) is 0 Å². The Morgan fingerprint density at radius 1 is 1.54 bits per heavy atom. The summed E-state index contributed by atoms with van der Waals surface area (Å²) in [4.78, 5) is 12.1. The minimum Gasteiger partial charge on any atom is -0.503 e. The van der Waals surface area contributed by atoms with E-state index in [0.29, 0.717) is 5.57 Å². The fourth-order valence-electron chi connectivity index (χ4n) is 0.866. The molecule has 0 aliphatic carbocycles. The molecule has 0 unspecified atom stereocenters. The lowest BCUT2D eigenvalue weighted by atomic mass is 10.2. The Morgan fingerprint density at radius 2 is 2.31 bits per heavy atom. The van der Waals surface area contributed by atoms with Crippen molar-refractivity contribution in [2.75, 3.05) is 14.2 Å². The van der Waals surface area contributed by atoms with Crippen LogP contribution in [0.15, 0.2) is 23.8 Å². The molecule has 0 aromatic carbocycles. The second kappa shape index (κ2) is 4.67. The second-order valence-corrected chi connectivity index (χ2v) is 3.18. The molecule has 0 atom stereocenters. The number of methoxy groups -OCH3 is 2. The van der Waals surface area contributed by atoms with Gasteiger partial charge in [0.1, 0.15) is 5.57 Å². The van der Waals surface area contributed by atoms with Gasteiger partial charge >= 0.3 is 5.97 Å². The number of hydrogen-bond donors (Lipinski definition) is 0.